The minimum Gasteiger partial charge on any atom is -0.493 e. The fourth-order valence-corrected chi connectivity index (χ4v) is 5.42. The minimum absolute atomic E-state index is 0.0911. The first kappa shape index (κ1) is 17.9. The average Bonchev–Trinajstić information content (AvgIpc) is 3.20. The van der Waals surface area contributed by atoms with Crippen molar-refractivity contribution in [2.75, 3.05) is 45.5 Å². The van der Waals surface area contributed by atoms with Crippen LogP contribution in [-0.2, 0) is 11.2 Å². The maximum absolute atomic E-state index is 12.9. The number of methoxy groups -OCH3 is 2. The molecular weight excluding hydrogens is 350 g/mol. The lowest BCUT2D eigenvalue weighted by Crippen LogP contribution is -2.55. The van der Waals surface area contributed by atoms with Gasteiger partial charge < -0.3 is 20.1 Å². The molecule has 0 aromatic heterocycles. The van der Waals surface area contributed by atoms with Crippen molar-refractivity contribution in [3.8, 4) is 11.5 Å². The lowest BCUT2D eigenvalue weighted by atomic mass is 9.80. The van der Waals surface area contributed by atoms with Crippen LogP contribution in [-0.4, -0.2) is 67.2 Å². The number of thioether (sulfide) groups is 1. The number of benzene rings is 1. The lowest BCUT2D eigenvalue weighted by Gasteiger charge is -2.46. The maximum atomic E-state index is 12.9. The number of nitrogens with zero attached hydrogens (tertiary/aromatic N) is 2. The monoisotopic (exact) mass is 377 g/mol. The van der Waals surface area contributed by atoms with Crippen molar-refractivity contribution >= 4 is 17.7 Å². The molecule has 3 atom stereocenters. The van der Waals surface area contributed by atoms with Gasteiger partial charge in [-0.1, -0.05) is 0 Å². The third kappa shape index (κ3) is 3.06. The van der Waals surface area contributed by atoms with Crippen LogP contribution in [0.4, 0.5) is 0 Å². The van der Waals surface area contributed by atoms with E-state index in [9.17, 15) is 4.79 Å². The second-order valence-corrected chi connectivity index (χ2v) is 8.39. The van der Waals surface area contributed by atoms with Gasteiger partial charge in [0.2, 0.25) is 5.91 Å². The van der Waals surface area contributed by atoms with E-state index in [-0.39, 0.29) is 23.9 Å². The Morgan fingerprint density at radius 1 is 1.23 bits per heavy atom. The van der Waals surface area contributed by atoms with E-state index in [0.29, 0.717) is 0 Å². The highest BCUT2D eigenvalue weighted by Gasteiger charge is 2.42. The molecule has 0 unspecified atom stereocenters. The summed E-state index contributed by atoms with van der Waals surface area (Å²) in [4.78, 5) is 17.3. The highest BCUT2D eigenvalue weighted by Crippen LogP contribution is 2.42. The van der Waals surface area contributed by atoms with Crippen LogP contribution >= 0.6 is 11.8 Å². The van der Waals surface area contributed by atoms with Gasteiger partial charge in [-0.2, -0.15) is 0 Å². The van der Waals surface area contributed by atoms with Crippen LogP contribution in [0, 0.1) is 5.92 Å². The van der Waals surface area contributed by atoms with Crippen molar-refractivity contribution in [1.82, 2.24) is 9.80 Å². The Morgan fingerprint density at radius 2 is 2.00 bits per heavy atom. The highest BCUT2D eigenvalue weighted by atomic mass is 32.2. The van der Waals surface area contributed by atoms with E-state index in [2.05, 4.69) is 17.0 Å². The number of rotatable bonds is 3. The summed E-state index contributed by atoms with van der Waals surface area (Å²) < 4.78 is 10.9. The molecule has 0 saturated carbocycles. The number of hydrogen-bond donors (Lipinski definition) is 1. The summed E-state index contributed by atoms with van der Waals surface area (Å²) in [5.41, 5.74) is 9.07. The topological polar surface area (TPSA) is 68.0 Å². The number of fused-ring (bicyclic) bond motifs is 3. The van der Waals surface area contributed by atoms with Crippen molar-refractivity contribution in [3.05, 3.63) is 23.3 Å². The van der Waals surface area contributed by atoms with Crippen molar-refractivity contribution in [1.29, 1.82) is 0 Å². The fraction of sp³-hybridized carbons (Fsp3) is 0.632. The van der Waals surface area contributed by atoms with E-state index in [1.165, 1.54) is 11.1 Å². The second kappa shape index (κ2) is 7.29. The Bertz CT molecular complexity index is 693. The predicted molar refractivity (Wildman–Crippen MR) is 103 cm³/mol. The molecule has 142 valence electrons. The lowest BCUT2D eigenvalue weighted by molar-refractivity contribution is -0.137. The number of carbonyl (C=O) groups is 1. The quantitative estimate of drug-likeness (QED) is 0.861. The van der Waals surface area contributed by atoms with E-state index in [4.69, 9.17) is 15.2 Å². The van der Waals surface area contributed by atoms with Crippen LogP contribution in [0.1, 0.15) is 23.6 Å². The number of hydrogen-bond acceptors (Lipinski definition) is 6. The molecule has 26 heavy (non-hydrogen) atoms. The van der Waals surface area contributed by atoms with E-state index < -0.39 is 0 Å². The molecule has 0 bridgehead atoms. The largest absolute Gasteiger partial charge is 0.493 e. The van der Waals surface area contributed by atoms with Crippen molar-refractivity contribution < 1.29 is 14.3 Å². The van der Waals surface area contributed by atoms with Crippen molar-refractivity contribution in [2.24, 2.45) is 11.7 Å². The van der Waals surface area contributed by atoms with Crippen molar-refractivity contribution in [3.63, 3.8) is 0 Å². The third-order valence-electron chi connectivity index (χ3n) is 5.94. The third-order valence-corrected chi connectivity index (χ3v) is 6.90. The summed E-state index contributed by atoms with van der Waals surface area (Å²) in [5, 5.41) is 0. The van der Waals surface area contributed by atoms with Crippen LogP contribution < -0.4 is 15.2 Å². The first-order valence-electron chi connectivity index (χ1n) is 9.23. The molecule has 4 rings (SSSR count). The van der Waals surface area contributed by atoms with Crippen LogP contribution in [0.2, 0.25) is 0 Å². The number of nitrogens with two attached hydrogens (primary N) is 1. The van der Waals surface area contributed by atoms with Crippen LogP contribution in [0.25, 0.3) is 0 Å². The van der Waals surface area contributed by atoms with E-state index >= 15 is 0 Å². The van der Waals surface area contributed by atoms with Crippen molar-refractivity contribution in [2.45, 2.75) is 24.9 Å². The number of carbonyl (C=O) groups excluding carboxylic acids is 1. The second-order valence-electron chi connectivity index (χ2n) is 7.31. The van der Waals surface area contributed by atoms with Crippen LogP contribution in [0.5, 0.6) is 11.5 Å². The summed E-state index contributed by atoms with van der Waals surface area (Å²) in [6.45, 7) is 2.56. The molecule has 3 aliphatic rings. The van der Waals surface area contributed by atoms with E-state index in [1.807, 2.05) is 16.7 Å². The molecule has 6 nitrogen and oxygen atoms in total. The standard InChI is InChI=1S/C19H27N3O3S/c1-24-17-7-12-3-4-21-10-14(19(23)22-5-6-26-11-22)15(20)9-16(21)13(12)8-18(17)25-2/h7-8,14-16H,3-6,9-11,20H2,1-2H3/t14-,15-,16-/m0/s1. The molecule has 0 spiro atoms. The highest BCUT2D eigenvalue weighted by molar-refractivity contribution is 7.99. The van der Waals surface area contributed by atoms with Gasteiger partial charge in [0.25, 0.3) is 0 Å². The molecule has 7 heteroatoms. The van der Waals surface area contributed by atoms with Crippen LogP contribution in [0.3, 0.4) is 0 Å². The normalized spacial score (nSPS) is 28.4. The zero-order chi connectivity index (χ0) is 18.3. The molecular formula is C19H27N3O3S. The first-order chi connectivity index (χ1) is 12.6. The maximum Gasteiger partial charge on any atom is 0.229 e. The molecule has 0 aliphatic carbocycles. The molecule has 1 amide bonds. The summed E-state index contributed by atoms with van der Waals surface area (Å²) in [6, 6.07) is 4.34. The Balaban J connectivity index is 1.57. The number of piperidine rings is 1. The summed E-state index contributed by atoms with van der Waals surface area (Å²) in [5.74, 6) is 3.53. The Hall–Kier alpha value is -1.44. The Labute approximate surface area is 159 Å². The van der Waals surface area contributed by atoms with Gasteiger partial charge in [0.15, 0.2) is 11.5 Å². The van der Waals surface area contributed by atoms with Gasteiger partial charge in [-0.25, -0.2) is 0 Å². The summed E-state index contributed by atoms with van der Waals surface area (Å²) in [7, 11) is 3.34. The summed E-state index contributed by atoms with van der Waals surface area (Å²) in [6.07, 6.45) is 1.77. The SMILES string of the molecule is COc1cc2c(cc1OC)[C@@H]1C[C@H](N)[C@@H](C(=O)N3CCSC3)CN1CC2. The predicted octanol–water partition coefficient (Wildman–Crippen LogP) is 1.48. The smallest absolute Gasteiger partial charge is 0.229 e. The summed E-state index contributed by atoms with van der Waals surface area (Å²) >= 11 is 1.82. The van der Waals surface area contributed by atoms with Crippen LogP contribution in [0.15, 0.2) is 12.1 Å². The van der Waals surface area contributed by atoms with Gasteiger partial charge in [0.05, 0.1) is 26.0 Å². The van der Waals surface area contributed by atoms with Gasteiger partial charge in [-0.15, -0.1) is 11.8 Å². The van der Waals surface area contributed by atoms with Gasteiger partial charge in [0.1, 0.15) is 0 Å². The molecule has 3 heterocycles. The minimum atomic E-state index is -0.103. The van der Waals surface area contributed by atoms with E-state index in [0.717, 1.165) is 55.6 Å². The Morgan fingerprint density at radius 3 is 2.69 bits per heavy atom. The van der Waals surface area contributed by atoms with Gasteiger partial charge in [-0.3, -0.25) is 9.69 Å². The average molecular weight is 378 g/mol. The van der Waals surface area contributed by atoms with Gasteiger partial charge in [0, 0.05) is 37.5 Å². The van der Waals surface area contributed by atoms with Gasteiger partial charge in [-0.05, 0) is 36.1 Å². The Kier molecular flexibility index (Phi) is 5.03. The zero-order valence-electron chi connectivity index (χ0n) is 15.4. The molecule has 0 radical (unpaired) electrons. The molecule has 2 fully saturated rings. The zero-order valence-corrected chi connectivity index (χ0v) is 16.3. The molecule has 2 N–H and O–H groups in total. The molecule has 2 saturated heterocycles. The number of ether oxygens (including phenoxy) is 2. The molecule has 1 aromatic rings. The number of amides is 1. The molecule has 1 aromatic carbocycles. The molecule has 3 aliphatic heterocycles. The van der Waals surface area contributed by atoms with Gasteiger partial charge >= 0.3 is 0 Å². The first-order valence-corrected chi connectivity index (χ1v) is 10.4. The van der Waals surface area contributed by atoms with E-state index in [1.54, 1.807) is 14.2 Å². The fourth-order valence-electron chi connectivity index (χ4n) is 4.47.